The minimum absolute atomic E-state index is 0.307. The lowest BCUT2D eigenvalue weighted by Crippen LogP contribution is -2.28. The predicted octanol–water partition coefficient (Wildman–Crippen LogP) is 3.04. The van der Waals surface area contributed by atoms with Gasteiger partial charge in [0.25, 0.3) is 5.91 Å². The van der Waals surface area contributed by atoms with Crippen LogP contribution >= 0.6 is 0 Å². The Morgan fingerprint density at radius 3 is 1.79 bits per heavy atom. The Kier molecular flexibility index (Phi) is 6.15. The standard InChI is InChI=1S/C22H20N4O2/c23-22(28)24-15-16-11-13-19(14-12-16)21(27)26-25-20(17-7-3-1-4-8-17)18-9-5-2-6-10-18/h1-14H,15H2,(H,26,27)(H3,23,24,28). The fraction of sp³-hybridized carbons (Fsp3) is 0.0455. The molecule has 140 valence electrons. The third-order valence-electron chi connectivity index (χ3n) is 4.05. The number of nitrogens with two attached hydrogens (primary N) is 1. The maximum atomic E-state index is 12.5. The third-order valence-corrected chi connectivity index (χ3v) is 4.05. The quantitative estimate of drug-likeness (QED) is 0.458. The van der Waals surface area contributed by atoms with Crippen molar-refractivity contribution in [2.75, 3.05) is 0 Å². The van der Waals surface area contributed by atoms with Crippen LogP contribution in [0.25, 0.3) is 0 Å². The summed E-state index contributed by atoms with van der Waals surface area (Å²) in [4.78, 5) is 23.2. The molecule has 0 radical (unpaired) electrons. The molecule has 0 unspecified atom stereocenters. The van der Waals surface area contributed by atoms with Gasteiger partial charge in [-0.25, -0.2) is 10.2 Å². The zero-order valence-electron chi connectivity index (χ0n) is 15.1. The molecule has 0 aliphatic heterocycles. The summed E-state index contributed by atoms with van der Waals surface area (Å²) < 4.78 is 0. The number of carbonyl (C=O) groups excluding carboxylic acids is 2. The largest absolute Gasteiger partial charge is 0.352 e. The van der Waals surface area contributed by atoms with Crippen LogP contribution in [0.2, 0.25) is 0 Å². The van der Waals surface area contributed by atoms with Gasteiger partial charge < -0.3 is 11.1 Å². The number of amides is 3. The Morgan fingerprint density at radius 2 is 1.29 bits per heavy atom. The summed E-state index contributed by atoms with van der Waals surface area (Å²) in [5, 5.41) is 6.87. The molecule has 0 bridgehead atoms. The molecular weight excluding hydrogens is 352 g/mol. The second-order valence-electron chi connectivity index (χ2n) is 6.05. The van der Waals surface area contributed by atoms with Crippen LogP contribution in [-0.2, 0) is 6.54 Å². The topological polar surface area (TPSA) is 96.6 Å². The zero-order chi connectivity index (χ0) is 19.8. The highest BCUT2D eigenvalue weighted by molar-refractivity contribution is 6.13. The minimum Gasteiger partial charge on any atom is -0.352 e. The van der Waals surface area contributed by atoms with Gasteiger partial charge in [0.05, 0.1) is 5.71 Å². The first kappa shape index (κ1) is 18.8. The average molecular weight is 372 g/mol. The van der Waals surface area contributed by atoms with E-state index in [1.807, 2.05) is 60.7 Å². The molecule has 0 fully saturated rings. The van der Waals surface area contributed by atoms with E-state index in [1.54, 1.807) is 24.3 Å². The summed E-state index contributed by atoms with van der Waals surface area (Å²) in [6, 6.07) is 25.6. The van der Waals surface area contributed by atoms with Crippen LogP contribution in [0.3, 0.4) is 0 Å². The van der Waals surface area contributed by atoms with Crippen LogP contribution in [0, 0.1) is 0 Å². The molecule has 3 rings (SSSR count). The van der Waals surface area contributed by atoms with Crippen molar-refractivity contribution in [3.05, 3.63) is 107 Å². The van der Waals surface area contributed by atoms with Crippen LogP contribution in [0.15, 0.2) is 90.0 Å². The van der Waals surface area contributed by atoms with Gasteiger partial charge in [0.15, 0.2) is 0 Å². The Labute approximate surface area is 163 Å². The summed E-state index contributed by atoms with van der Waals surface area (Å²) >= 11 is 0. The lowest BCUT2D eigenvalue weighted by atomic mass is 10.0. The molecule has 4 N–H and O–H groups in total. The van der Waals surface area contributed by atoms with Crippen LogP contribution in [0.1, 0.15) is 27.0 Å². The van der Waals surface area contributed by atoms with Gasteiger partial charge in [-0.2, -0.15) is 5.10 Å². The first-order chi connectivity index (χ1) is 13.6. The smallest absolute Gasteiger partial charge is 0.312 e. The summed E-state index contributed by atoms with van der Waals surface area (Å²) in [7, 11) is 0. The van der Waals surface area contributed by atoms with E-state index >= 15 is 0 Å². The Balaban J connectivity index is 1.77. The van der Waals surface area contributed by atoms with Crippen molar-refractivity contribution in [2.24, 2.45) is 10.8 Å². The number of hydrogen-bond donors (Lipinski definition) is 3. The molecule has 0 aromatic heterocycles. The van der Waals surface area contributed by atoms with E-state index in [0.717, 1.165) is 16.7 Å². The van der Waals surface area contributed by atoms with E-state index in [0.29, 0.717) is 17.8 Å². The van der Waals surface area contributed by atoms with Gasteiger partial charge in [0, 0.05) is 23.2 Å². The summed E-state index contributed by atoms with van der Waals surface area (Å²) in [5.74, 6) is -0.321. The maximum Gasteiger partial charge on any atom is 0.312 e. The number of hydrazone groups is 1. The number of hydrogen-bond acceptors (Lipinski definition) is 3. The predicted molar refractivity (Wildman–Crippen MR) is 109 cm³/mol. The number of rotatable bonds is 6. The maximum absolute atomic E-state index is 12.5. The van der Waals surface area contributed by atoms with Crippen molar-refractivity contribution in [3.8, 4) is 0 Å². The minimum atomic E-state index is -0.592. The molecule has 0 aliphatic carbocycles. The number of benzene rings is 3. The fourth-order valence-electron chi connectivity index (χ4n) is 2.62. The zero-order valence-corrected chi connectivity index (χ0v) is 15.1. The Morgan fingerprint density at radius 1 is 0.750 bits per heavy atom. The van der Waals surface area contributed by atoms with E-state index in [1.165, 1.54) is 0 Å². The lowest BCUT2D eigenvalue weighted by Gasteiger charge is -2.08. The Bertz CT molecular complexity index is 927. The van der Waals surface area contributed by atoms with Gasteiger partial charge in [-0.1, -0.05) is 72.8 Å². The molecule has 3 aromatic rings. The highest BCUT2D eigenvalue weighted by Crippen LogP contribution is 2.11. The molecule has 6 nitrogen and oxygen atoms in total. The van der Waals surface area contributed by atoms with Gasteiger partial charge in [-0.05, 0) is 17.7 Å². The molecule has 0 saturated heterocycles. The molecule has 28 heavy (non-hydrogen) atoms. The number of carbonyl (C=O) groups is 2. The lowest BCUT2D eigenvalue weighted by molar-refractivity contribution is 0.0955. The van der Waals surface area contributed by atoms with Gasteiger partial charge >= 0.3 is 6.03 Å². The normalized spacial score (nSPS) is 10.0. The van der Waals surface area contributed by atoms with Crippen molar-refractivity contribution < 1.29 is 9.59 Å². The highest BCUT2D eigenvalue weighted by atomic mass is 16.2. The number of urea groups is 1. The number of primary amides is 1. The number of nitrogens with one attached hydrogen (secondary N) is 2. The van der Waals surface area contributed by atoms with Crippen LogP contribution in [0.4, 0.5) is 4.79 Å². The van der Waals surface area contributed by atoms with Crippen LogP contribution < -0.4 is 16.5 Å². The average Bonchev–Trinajstić information content (AvgIpc) is 2.74. The monoisotopic (exact) mass is 372 g/mol. The molecule has 3 aromatic carbocycles. The van der Waals surface area contributed by atoms with Gasteiger partial charge in [-0.3, -0.25) is 4.79 Å². The molecule has 0 spiro atoms. The van der Waals surface area contributed by atoms with Crippen molar-refractivity contribution >= 4 is 17.6 Å². The van der Waals surface area contributed by atoms with Crippen molar-refractivity contribution in [1.82, 2.24) is 10.7 Å². The molecule has 3 amide bonds. The Hall–Kier alpha value is -3.93. The van der Waals surface area contributed by atoms with E-state index in [4.69, 9.17) is 5.73 Å². The van der Waals surface area contributed by atoms with Gasteiger partial charge in [-0.15, -0.1) is 0 Å². The molecular formula is C22H20N4O2. The summed E-state index contributed by atoms with van der Waals surface area (Å²) in [5.41, 5.74) is 11.5. The van der Waals surface area contributed by atoms with E-state index in [9.17, 15) is 9.59 Å². The molecule has 0 atom stereocenters. The summed E-state index contributed by atoms with van der Waals surface area (Å²) in [6.45, 7) is 0.307. The highest BCUT2D eigenvalue weighted by Gasteiger charge is 2.09. The second-order valence-corrected chi connectivity index (χ2v) is 6.05. The van der Waals surface area contributed by atoms with Crippen molar-refractivity contribution in [2.45, 2.75) is 6.54 Å². The molecule has 6 heteroatoms. The first-order valence-electron chi connectivity index (χ1n) is 8.74. The summed E-state index contributed by atoms with van der Waals surface area (Å²) in [6.07, 6.45) is 0. The van der Waals surface area contributed by atoms with E-state index in [2.05, 4.69) is 15.8 Å². The van der Waals surface area contributed by atoms with E-state index in [-0.39, 0.29) is 5.91 Å². The fourth-order valence-corrected chi connectivity index (χ4v) is 2.62. The third kappa shape index (κ3) is 5.04. The first-order valence-corrected chi connectivity index (χ1v) is 8.74. The SMILES string of the molecule is NC(=O)NCc1ccc(C(=O)NN=C(c2ccccc2)c2ccccc2)cc1. The van der Waals surface area contributed by atoms with Crippen LogP contribution in [0.5, 0.6) is 0 Å². The molecule has 0 saturated carbocycles. The second kappa shape index (κ2) is 9.14. The van der Waals surface area contributed by atoms with Crippen LogP contribution in [-0.4, -0.2) is 17.6 Å². The number of nitrogens with zero attached hydrogens (tertiary/aromatic N) is 1. The van der Waals surface area contributed by atoms with Crippen molar-refractivity contribution in [3.63, 3.8) is 0 Å². The van der Waals surface area contributed by atoms with E-state index < -0.39 is 6.03 Å². The van der Waals surface area contributed by atoms with Gasteiger partial charge in [0.2, 0.25) is 0 Å². The molecule has 0 heterocycles. The van der Waals surface area contributed by atoms with Gasteiger partial charge in [0.1, 0.15) is 0 Å². The van der Waals surface area contributed by atoms with Crippen molar-refractivity contribution in [1.29, 1.82) is 0 Å². The molecule has 0 aliphatic rings.